The van der Waals surface area contributed by atoms with Crippen LogP contribution < -0.4 is 5.32 Å². The molecule has 0 saturated carbocycles. The van der Waals surface area contributed by atoms with Crippen LogP contribution in [-0.2, 0) is 0 Å². The van der Waals surface area contributed by atoms with E-state index in [0.29, 0.717) is 6.04 Å². The van der Waals surface area contributed by atoms with E-state index in [1.807, 2.05) is 17.0 Å². The summed E-state index contributed by atoms with van der Waals surface area (Å²) in [6, 6.07) is 4.19. The van der Waals surface area contributed by atoms with Crippen molar-refractivity contribution in [3.8, 4) is 0 Å². The molecule has 1 aromatic heterocycles. The van der Waals surface area contributed by atoms with Crippen LogP contribution in [0.25, 0.3) is 0 Å². The minimum absolute atomic E-state index is 0. The lowest BCUT2D eigenvalue weighted by Gasteiger charge is -2.31. The molecule has 0 aromatic carbocycles. The van der Waals surface area contributed by atoms with Crippen LogP contribution in [0.2, 0.25) is 0 Å². The molecule has 1 N–H and O–H groups in total. The molecule has 16 heavy (non-hydrogen) atoms. The van der Waals surface area contributed by atoms with Gasteiger partial charge < -0.3 is 10.2 Å². The van der Waals surface area contributed by atoms with E-state index in [0.717, 1.165) is 28.3 Å². The molecule has 1 amide bonds. The van der Waals surface area contributed by atoms with Crippen LogP contribution in [0.1, 0.15) is 16.6 Å². The predicted octanol–water partition coefficient (Wildman–Crippen LogP) is 2.37. The Balaban J connectivity index is 0.00000128. The normalized spacial score (nSPS) is 20.4. The van der Waals surface area contributed by atoms with E-state index in [9.17, 15) is 4.79 Å². The SMILES string of the molecule is C[C@H]1CN(C(=O)c2ccc(Br)s2)CCN1.Cl. The van der Waals surface area contributed by atoms with E-state index in [-0.39, 0.29) is 18.3 Å². The molecule has 1 aromatic rings. The van der Waals surface area contributed by atoms with Crippen molar-refractivity contribution in [2.24, 2.45) is 0 Å². The Labute approximate surface area is 114 Å². The van der Waals surface area contributed by atoms with Gasteiger partial charge in [0.15, 0.2) is 0 Å². The first-order valence-corrected chi connectivity index (χ1v) is 6.56. The minimum Gasteiger partial charge on any atom is -0.335 e. The Morgan fingerprint density at radius 2 is 2.38 bits per heavy atom. The van der Waals surface area contributed by atoms with Crippen molar-refractivity contribution in [1.82, 2.24) is 10.2 Å². The highest BCUT2D eigenvalue weighted by molar-refractivity contribution is 9.11. The molecule has 1 aliphatic rings. The Morgan fingerprint density at radius 1 is 1.62 bits per heavy atom. The van der Waals surface area contributed by atoms with Gasteiger partial charge in [-0.1, -0.05) is 0 Å². The van der Waals surface area contributed by atoms with Crippen molar-refractivity contribution in [1.29, 1.82) is 0 Å². The number of hydrogen-bond donors (Lipinski definition) is 1. The fourth-order valence-corrected chi connectivity index (χ4v) is 3.06. The van der Waals surface area contributed by atoms with Gasteiger partial charge in [-0.3, -0.25) is 4.79 Å². The average molecular weight is 326 g/mol. The highest BCUT2D eigenvalue weighted by atomic mass is 79.9. The Kier molecular flexibility index (Phi) is 5.24. The zero-order valence-electron chi connectivity index (χ0n) is 8.90. The fraction of sp³-hybridized carbons (Fsp3) is 0.500. The van der Waals surface area contributed by atoms with Crippen LogP contribution in [0.5, 0.6) is 0 Å². The first-order valence-electron chi connectivity index (χ1n) is 4.95. The van der Waals surface area contributed by atoms with Gasteiger partial charge in [-0.15, -0.1) is 23.7 Å². The highest BCUT2D eigenvalue weighted by Gasteiger charge is 2.22. The molecule has 0 unspecified atom stereocenters. The van der Waals surface area contributed by atoms with Gasteiger partial charge in [0.25, 0.3) is 5.91 Å². The Hall–Kier alpha value is -0.100. The zero-order valence-corrected chi connectivity index (χ0v) is 12.1. The van der Waals surface area contributed by atoms with Crippen LogP contribution in [0, 0.1) is 0 Å². The lowest BCUT2D eigenvalue weighted by atomic mass is 10.2. The van der Waals surface area contributed by atoms with E-state index < -0.39 is 0 Å². The maximum absolute atomic E-state index is 12.0. The largest absolute Gasteiger partial charge is 0.335 e. The second-order valence-corrected chi connectivity index (χ2v) is 6.17. The molecular formula is C10H14BrClN2OS. The molecule has 2 rings (SSSR count). The third kappa shape index (κ3) is 3.20. The van der Waals surface area contributed by atoms with Crippen molar-refractivity contribution in [3.05, 3.63) is 20.8 Å². The van der Waals surface area contributed by atoms with Crippen molar-refractivity contribution in [2.45, 2.75) is 13.0 Å². The average Bonchev–Trinajstić information content (AvgIpc) is 2.64. The molecule has 0 aliphatic carbocycles. The summed E-state index contributed by atoms with van der Waals surface area (Å²) in [7, 11) is 0. The van der Waals surface area contributed by atoms with E-state index in [1.54, 1.807) is 0 Å². The van der Waals surface area contributed by atoms with E-state index >= 15 is 0 Å². The van der Waals surface area contributed by atoms with Gasteiger partial charge in [0.1, 0.15) is 0 Å². The molecule has 0 radical (unpaired) electrons. The summed E-state index contributed by atoms with van der Waals surface area (Å²) in [5.41, 5.74) is 0. The molecule has 1 atom stereocenters. The second-order valence-electron chi connectivity index (χ2n) is 3.71. The lowest BCUT2D eigenvalue weighted by molar-refractivity contribution is 0.0714. The summed E-state index contributed by atoms with van der Waals surface area (Å²) in [6.07, 6.45) is 0. The van der Waals surface area contributed by atoms with Crippen molar-refractivity contribution >= 4 is 45.6 Å². The lowest BCUT2D eigenvalue weighted by Crippen LogP contribution is -2.51. The molecule has 90 valence electrons. The smallest absolute Gasteiger partial charge is 0.264 e. The standard InChI is InChI=1S/C10H13BrN2OS.ClH/c1-7-6-13(5-4-12-7)10(14)8-2-3-9(11)15-8;/h2-3,7,12H,4-6H2,1H3;1H/t7-;/m0./s1. The first kappa shape index (κ1) is 14.0. The molecule has 3 nitrogen and oxygen atoms in total. The summed E-state index contributed by atoms with van der Waals surface area (Å²) < 4.78 is 1.01. The number of piperazine rings is 1. The summed E-state index contributed by atoms with van der Waals surface area (Å²) in [5, 5.41) is 3.32. The number of nitrogens with zero attached hydrogens (tertiary/aromatic N) is 1. The number of amides is 1. The summed E-state index contributed by atoms with van der Waals surface area (Å²) in [5.74, 6) is 0.152. The van der Waals surface area contributed by atoms with Crippen molar-refractivity contribution < 1.29 is 4.79 Å². The predicted molar refractivity (Wildman–Crippen MR) is 72.6 cm³/mol. The van der Waals surface area contributed by atoms with Gasteiger partial charge >= 0.3 is 0 Å². The minimum atomic E-state index is 0. The summed E-state index contributed by atoms with van der Waals surface area (Å²) in [6.45, 7) is 4.59. The Bertz CT molecular complexity index is 371. The second kappa shape index (κ2) is 6.00. The Morgan fingerprint density at radius 3 is 2.94 bits per heavy atom. The van der Waals surface area contributed by atoms with E-state index in [4.69, 9.17) is 0 Å². The van der Waals surface area contributed by atoms with Crippen molar-refractivity contribution in [2.75, 3.05) is 19.6 Å². The molecule has 0 spiro atoms. The maximum Gasteiger partial charge on any atom is 0.264 e. The number of halogens is 2. The van der Waals surface area contributed by atoms with Crippen LogP contribution in [0.15, 0.2) is 15.9 Å². The number of thiophene rings is 1. The summed E-state index contributed by atoms with van der Waals surface area (Å²) in [4.78, 5) is 14.8. The molecule has 1 saturated heterocycles. The molecule has 6 heteroatoms. The topological polar surface area (TPSA) is 32.3 Å². The number of carbonyl (C=O) groups is 1. The molecular weight excluding hydrogens is 312 g/mol. The highest BCUT2D eigenvalue weighted by Crippen LogP contribution is 2.23. The van der Waals surface area contributed by atoms with Crippen LogP contribution in [0.4, 0.5) is 0 Å². The molecule has 1 aliphatic heterocycles. The third-order valence-corrected chi connectivity index (χ3v) is 4.05. The van der Waals surface area contributed by atoms with Gasteiger partial charge in [0, 0.05) is 25.7 Å². The van der Waals surface area contributed by atoms with Gasteiger partial charge in [0.2, 0.25) is 0 Å². The number of nitrogens with one attached hydrogen (secondary N) is 1. The number of carbonyl (C=O) groups excluding carboxylic acids is 1. The van der Waals surface area contributed by atoms with Gasteiger partial charge in [0.05, 0.1) is 8.66 Å². The molecule has 1 fully saturated rings. The van der Waals surface area contributed by atoms with Gasteiger partial charge in [-0.25, -0.2) is 0 Å². The third-order valence-electron chi connectivity index (χ3n) is 2.44. The van der Waals surface area contributed by atoms with Gasteiger partial charge in [-0.05, 0) is 35.0 Å². The van der Waals surface area contributed by atoms with E-state index in [1.165, 1.54) is 11.3 Å². The quantitative estimate of drug-likeness (QED) is 0.860. The van der Waals surface area contributed by atoms with Crippen LogP contribution in [-0.4, -0.2) is 36.5 Å². The van der Waals surface area contributed by atoms with Crippen LogP contribution >= 0.6 is 39.7 Å². The molecule has 2 heterocycles. The monoisotopic (exact) mass is 324 g/mol. The van der Waals surface area contributed by atoms with Crippen LogP contribution in [0.3, 0.4) is 0 Å². The number of rotatable bonds is 1. The maximum atomic E-state index is 12.0. The van der Waals surface area contributed by atoms with Crippen molar-refractivity contribution in [3.63, 3.8) is 0 Å². The first-order chi connectivity index (χ1) is 7.16. The number of hydrogen-bond acceptors (Lipinski definition) is 3. The van der Waals surface area contributed by atoms with Gasteiger partial charge in [-0.2, -0.15) is 0 Å². The summed E-state index contributed by atoms with van der Waals surface area (Å²) >= 11 is 4.87. The molecule has 0 bridgehead atoms. The fourth-order valence-electron chi connectivity index (χ4n) is 1.70. The zero-order chi connectivity index (χ0) is 10.8. The van der Waals surface area contributed by atoms with E-state index in [2.05, 4.69) is 28.2 Å².